The monoisotopic (exact) mass is 340 g/mol. The van der Waals surface area contributed by atoms with Crippen LogP contribution in [0, 0.1) is 0 Å². The van der Waals surface area contributed by atoms with E-state index < -0.39 is 6.61 Å². The van der Waals surface area contributed by atoms with Crippen molar-refractivity contribution in [3.63, 3.8) is 0 Å². The van der Waals surface area contributed by atoms with Crippen molar-refractivity contribution in [3.8, 4) is 11.5 Å². The third kappa shape index (κ3) is 5.33. The molecule has 1 aromatic heterocycles. The van der Waals surface area contributed by atoms with Crippen LogP contribution in [0.1, 0.15) is 12.5 Å². The van der Waals surface area contributed by atoms with E-state index >= 15 is 0 Å². The zero-order chi connectivity index (χ0) is 16.7. The van der Waals surface area contributed by atoms with E-state index in [1.54, 1.807) is 24.6 Å². The zero-order valence-corrected chi connectivity index (χ0v) is 13.0. The summed E-state index contributed by atoms with van der Waals surface area (Å²) in [7, 11) is 0. The van der Waals surface area contributed by atoms with E-state index in [0.29, 0.717) is 17.3 Å². The van der Waals surface area contributed by atoms with Gasteiger partial charge >= 0.3 is 6.61 Å². The molecule has 0 saturated heterocycles. The first-order chi connectivity index (χ1) is 11.1. The Labute approximate surface area is 135 Å². The highest BCUT2D eigenvalue weighted by atomic mass is 32.1. The molecule has 0 fully saturated rings. The summed E-state index contributed by atoms with van der Waals surface area (Å²) in [5.41, 5.74) is 0.615. The van der Waals surface area contributed by atoms with Crippen LogP contribution in [0.5, 0.6) is 11.5 Å². The average Bonchev–Trinajstić information content (AvgIpc) is 3.00. The van der Waals surface area contributed by atoms with Gasteiger partial charge in [-0.1, -0.05) is 6.07 Å². The second-order valence-electron chi connectivity index (χ2n) is 4.18. The Kier molecular flexibility index (Phi) is 6.04. The lowest BCUT2D eigenvalue weighted by atomic mass is 10.2. The molecule has 2 aromatic rings. The van der Waals surface area contributed by atoms with E-state index in [2.05, 4.69) is 15.0 Å². The molecule has 5 nitrogen and oxygen atoms in total. The molecule has 0 saturated carbocycles. The van der Waals surface area contributed by atoms with Crippen molar-refractivity contribution in [2.75, 3.05) is 11.9 Å². The Morgan fingerprint density at radius 2 is 2.26 bits per heavy atom. The van der Waals surface area contributed by atoms with Crippen LogP contribution in [-0.4, -0.2) is 24.1 Å². The topological polar surface area (TPSA) is 60.5 Å². The molecule has 1 amide bonds. The third-order valence-corrected chi connectivity index (χ3v) is 3.26. The quantitative estimate of drug-likeness (QED) is 0.779. The van der Waals surface area contributed by atoms with Crippen LogP contribution in [0.15, 0.2) is 35.9 Å². The summed E-state index contributed by atoms with van der Waals surface area (Å²) in [6.07, 6.45) is 4.44. The van der Waals surface area contributed by atoms with Crippen molar-refractivity contribution < 1.29 is 23.0 Å². The summed E-state index contributed by atoms with van der Waals surface area (Å²) >= 11 is 1.31. The zero-order valence-electron chi connectivity index (χ0n) is 12.2. The predicted molar refractivity (Wildman–Crippen MR) is 84.0 cm³/mol. The second-order valence-corrected chi connectivity index (χ2v) is 5.07. The molecule has 1 heterocycles. The highest BCUT2D eigenvalue weighted by molar-refractivity contribution is 7.13. The number of halogens is 2. The van der Waals surface area contributed by atoms with E-state index in [9.17, 15) is 13.6 Å². The first-order valence-electron chi connectivity index (χ1n) is 6.68. The Balaban J connectivity index is 2.08. The molecule has 0 spiro atoms. The normalized spacial score (nSPS) is 11.0. The molecule has 1 aromatic carbocycles. The van der Waals surface area contributed by atoms with Crippen LogP contribution >= 0.6 is 11.3 Å². The van der Waals surface area contributed by atoms with Crippen LogP contribution in [0.3, 0.4) is 0 Å². The number of rotatable bonds is 7. The minimum Gasteiger partial charge on any atom is -0.490 e. The van der Waals surface area contributed by atoms with Gasteiger partial charge in [-0.25, -0.2) is 4.98 Å². The van der Waals surface area contributed by atoms with Gasteiger partial charge in [-0.05, 0) is 30.7 Å². The number of hydrogen-bond donors (Lipinski definition) is 1. The van der Waals surface area contributed by atoms with Crippen molar-refractivity contribution in [3.05, 3.63) is 41.4 Å². The molecule has 0 bridgehead atoms. The molecule has 0 aliphatic carbocycles. The molecule has 0 unspecified atom stereocenters. The van der Waals surface area contributed by atoms with Crippen LogP contribution in [0.25, 0.3) is 6.08 Å². The van der Waals surface area contributed by atoms with Gasteiger partial charge in [0.2, 0.25) is 5.91 Å². The summed E-state index contributed by atoms with van der Waals surface area (Å²) < 4.78 is 34.3. The van der Waals surface area contributed by atoms with E-state index in [-0.39, 0.29) is 17.4 Å². The van der Waals surface area contributed by atoms with Crippen molar-refractivity contribution >= 4 is 28.5 Å². The van der Waals surface area contributed by atoms with Crippen LogP contribution in [-0.2, 0) is 4.79 Å². The lowest BCUT2D eigenvalue weighted by Gasteiger charge is -2.11. The van der Waals surface area contributed by atoms with E-state index in [1.807, 2.05) is 0 Å². The van der Waals surface area contributed by atoms with Gasteiger partial charge in [-0.2, -0.15) is 8.78 Å². The number of nitrogens with zero attached hydrogens (tertiary/aromatic N) is 1. The van der Waals surface area contributed by atoms with Crippen molar-refractivity contribution in [2.45, 2.75) is 13.5 Å². The lowest BCUT2D eigenvalue weighted by molar-refractivity contribution is -0.111. The SMILES string of the molecule is CCOc1cc(C=CC(=O)Nc2nccs2)ccc1OC(F)F. The summed E-state index contributed by atoms with van der Waals surface area (Å²) in [6.45, 7) is -0.896. The van der Waals surface area contributed by atoms with E-state index in [0.717, 1.165) is 0 Å². The maximum Gasteiger partial charge on any atom is 0.387 e. The molecular weight excluding hydrogens is 326 g/mol. The summed E-state index contributed by atoms with van der Waals surface area (Å²) in [5.74, 6) is -0.202. The van der Waals surface area contributed by atoms with Crippen molar-refractivity contribution in [2.24, 2.45) is 0 Å². The number of aromatic nitrogens is 1. The first-order valence-corrected chi connectivity index (χ1v) is 7.56. The van der Waals surface area contributed by atoms with Gasteiger partial charge in [0.15, 0.2) is 16.6 Å². The molecule has 0 radical (unpaired) electrons. The maximum absolute atomic E-state index is 12.3. The first kappa shape index (κ1) is 16.9. The number of amides is 1. The molecule has 2 rings (SSSR count). The highest BCUT2D eigenvalue weighted by Gasteiger charge is 2.11. The molecule has 0 aliphatic rings. The molecule has 8 heteroatoms. The molecule has 1 N–H and O–H groups in total. The van der Waals surface area contributed by atoms with Crippen molar-refractivity contribution in [1.82, 2.24) is 4.98 Å². The van der Waals surface area contributed by atoms with Gasteiger partial charge in [0.1, 0.15) is 0 Å². The number of benzene rings is 1. The van der Waals surface area contributed by atoms with Crippen LogP contribution in [0.4, 0.5) is 13.9 Å². The fourth-order valence-electron chi connectivity index (χ4n) is 1.69. The van der Waals surface area contributed by atoms with Gasteiger partial charge in [-0.3, -0.25) is 10.1 Å². The number of nitrogens with one attached hydrogen (secondary N) is 1. The minimum absolute atomic E-state index is 0.0498. The predicted octanol–water partition coefficient (Wildman–Crippen LogP) is 3.80. The maximum atomic E-state index is 12.3. The fourth-order valence-corrected chi connectivity index (χ4v) is 2.23. The number of anilines is 1. The fraction of sp³-hybridized carbons (Fsp3) is 0.200. The Morgan fingerprint density at radius 1 is 1.43 bits per heavy atom. The highest BCUT2D eigenvalue weighted by Crippen LogP contribution is 2.30. The molecule has 23 heavy (non-hydrogen) atoms. The van der Waals surface area contributed by atoms with Crippen LogP contribution in [0.2, 0.25) is 0 Å². The number of hydrogen-bond acceptors (Lipinski definition) is 5. The summed E-state index contributed by atoms with van der Waals surface area (Å²) in [6, 6.07) is 4.44. The molecular formula is C15H14F2N2O3S. The molecule has 0 aliphatic heterocycles. The van der Waals surface area contributed by atoms with Gasteiger partial charge in [0, 0.05) is 17.7 Å². The van der Waals surface area contributed by atoms with Crippen molar-refractivity contribution in [1.29, 1.82) is 0 Å². The second kappa shape index (κ2) is 8.23. The third-order valence-electron chi connectivity index (χ3n) is 2.57. The largest absolute Gasteiger partial charge is 0.490 e. The van der Waals surface area contributed by atoms with E-state index in [4.69, 9.17) is 4.74 Å². The number of carbonyl (C=O) groups is 1. The molecule has 122 valence electrons. The number of carbonyl (C=O) groups excluding carboxylic acids is 1. The Morgan fingerprint density at radius 3 is 2.91 bits per heavy atom. The van der Waals surface area contributed by atoms with Crippen LogP contribution < -0.4 is 14.8 Å². The standard InChI is InChI=1S/C15H14F2N2O3S/c1-2-21-12-9-10(3-5-11(12)22-14(16)17)4-6-13(20)19-15-18-7-8-23-15/h3-9,14H,2H2,1H3,(H,18,19,20). The minimum atomic E-state index is -2.93. The Bertz CT molecular complexity index is 675. The number of thiazole rings is 1. The summed E-state index contributed by atoms with van der Waals surface area (Å²) in [5, 5.41) is 4.84. The van der Waals surface area contributed by atoms with Gasteiger partial charge in [0.25, 0.3) is 0 Å². The van der Waals surface area contributed by atoms with Gasteiger partial charge < -0.3 is 9.47 Å². The molecule has 0 atom stereocenters. The smallest absolute Gasteiger partial charge is 0.387 e. The number of ether oxygens (including phenoxy) is 2. The summed E-state index contributed by atoms with van der Waals surface area (Å²) in [4.78, 5) is 15.7. The Hall–Kier alpha value is -2.48. The number of alkyl halides is 2. The van der Waals surface area contributed by atoms with E-state index in [1.165, 1.54) is 35.6 Å². The average molecular weight is 340 g/mol. The van der Waals surface area contributed by atoms with Gasteiger partial charge in [-0.15, -0.1) is 11.3 Å². The van der Waals surface area contributed by atoms with Gasteiger partial charge in [0.05, 0.1) is 6.61 Å². The lowest BCUT2D eigenvalue weighted by Crippen LogP contribution is -2.07.